The van der Waals surface area contributed by atoms with Crippen LogP contribution in [-0.4, -0.2) is 13.1 Å². The van der Waals surface area contributed by atoms with Crippen LogP contribution in [0.15, 0.2) is 146 Å². The molecule has 0 bridgehead atoms. The fraction of sp³-hybridized carbons (Fsp3) is 0.0909. The van der Waals surface area contributed by atoms with Gasteiger partial charge >= 0.3 is 0 Å². The summed E-state index contributed by atoms with van der Waals surface area (Å²) >= 11 is 0. The minimum Gasteiger partial charge on any atom is -0.340 e. The maximum atomic E-state index is 2.56. The van der Waals surface area contributed by atoms with Gasteiger partial charge in [0.1, 0.15) is 0 Å². The van der Waals surface area contributed by atoms with Crippen molar-refractivity contribution in [2.45, 2.75) is 12.8 Å². The summed E-state index contributed by atoms with van der Waals surface area (Å²) in [5.74, 6) is 0. The summed E-state index contributed by atoms with van der Waals surface area (Å²) in [7, 11) is 0. The monoisotopic (exact) mass is 588 g/mol. The molecular formula is C44H32N2. The van der Waals surface area contributed by atoms with Crippen LogP contribution in [0.5, 0.6) is 0 Å². The van der Waals surface area contributed by atoms with Crippen molar-refractivity contribution < 1.29 is 0 Å². The lowest BCUT2D eigenvalue weighted by Crippen LogP contribution is -2.15. The summed E-state index contributed by atoms with van der Waals surface area (Å²) in [6, 6.07) is 54.2. The smallest absolute Gasteiger partial charge is 0.0497 e. The third-order valence-corrected chi connectivity index (χ3v) is 10.4. The Bertz CT molecular complexity index is 2420. The number of hydrogen-bond acceptors (Lipinski definition) is 2. The van der Waals surface area contributed by atoms with E-state index in [1.54, 1.807) is 0 Å². The Kier molecular flexibility index (Phi) is 5.56. The average molecular weight is 589 g/mol. The van der Waals surface area contributed by atoms with Crippen LogP contribution in [0.2, 0.25) is 0 Å². The van der Waals surface area contributed by atoms with Gasteiger partial charge in [-0.25, -0.2) is 0 Å². The molecule has 46 heavy (non-hydrogen) atoms. The Hall–Kier alpha value is -5.60. The first-order valence-electron chi connectivity index (χ1n) is 16.4. The molecule has 0 aliphatic carbocycles. The lowest BCUT2D eigenvalue weighted by atomic mass is 9.85. The molecule has 2 nitrogen and oxygen atoms in total. The summed E-state index contributed by atoms with van der Waals surface area (Å²) in [5, 5.41) is 8.00. The Balaban J connectivity index is 1.36. The third kappa shape index (κ3) is 3.71. The Morgan fingerprint density at radius 3 is 1.46 bits per heavy atom. The number of para-hydroxylation sites is 2. The van der Waals surface area contributed by atoms with Crippen LogP contribution in [0, 0.1) is 0 Å². The van der Waals surface area contributed by atoms with E-state index in [4.69, 9.17) is 0 Å². The first-order chi connectivity index (χ1) is 22.8. The fourth-order valence-corrected chi connectivity index (χ4v) is 8.29. The van der Waals surface area contributed by atoms with Crippen molar-refractivity contribution >= 4 is 55.1 Å². The molecule has 8 aromatic carbocycles. The topological polar surface area (TPSA) is 6.48 Å². The number of nitrogens with zero attached hydrogens (tertiary/aromatic N) is 2. The summed E-state index contributed by atoms with van der Waals surface area (Å²) in [5.41, 5.74) is 13.2. The Morgan fingerprint density at radius 2 is 0.826 bits per heavy atom. The molecule has 2 aliphatic heterocycles. The second-order valence-corrected chi connectivity index (χ2v) is 12.8. The summed E-state index contributed by atoms with van der Waals surface area (Å²) < 4.78 is 0. The van der Waals surface area contributed by atoms with E-state index in [1.807, 2.05) is 0 Å². The van der Waals surface area contributed by atoms with Crippen LogP contribution < -0.4 is 9.80 Å². The molecule has 0 fully saturated rings. The van der Waals surface area contributed by atoms with Crippen molar-refractivity contribution in [1.29, 1.82) is 0 Å². The van der Waals surface area contributed by atoms with Gasteiger partial charge in [0.05, 0.1) is 0 Å². The quantitative estimate of drug-likeness (QED) is 0.189. The highest BCUT2D eigenvalue weighted by Gasteiger charge is 2.28. The molecule has 2 aliphatic rings. The maximum Gasteiger partial charge on any atom is 0.0497 e. The van der Waals surface area contributed by atoms with Gasteiger partial charge in [0.2, 0.25) is 0 Å². The molecule has 0 atom stereocenters. The van der Waals surface area contributed by atoms with E-state index < -0.39 is 0 Å². The van der Waals surface area contributed by atoms with Gasteiger partial charge in [-0.2, -0.15) is 0 Å². The van der Waals surface area contributed by atoms with Crippen LogP contribution in [0.25, 0.3) is 54.6 Å². The molecule has 0 saturated carbocycles. The predicted octanol–water partition coefficient (Wildman–Crippen LogP) is 11.3. The molecule has 2 heteroatoms. The molecule has 0 saturated heterocycles. The number of hydrogen-bond donors (Lipinski definition) is 0. The van der Waals surface area contributed by atoms with E-state index in [9.17, 15) is 0 Å². The molecule has 218 valence electrons. The molecule has 0 spiro atoms. The number of benzene rings is 8. The molecule has 8 aromatic rings. The average Bonchev–Trinajstić information content (AvgIpc) is 3.76. The Morgan fingerprint density at radius 1 is 0.348 bits per heavy atom. The molecule has 0 N–H and O–H groups in total. The van der Waals surface area contributed by atoms with Gasteiger partial charge in [-0.15, -0.1) is 0 Å². The predicted molar refractivity (Wildman–Crippen MR) is 195 cm³/mol. The fourth-order valence-electron chi connectivity index (χ4n) is 8.29. The largest absolute Gasteiger partial charge is 0.340 e. The highest BCUT2D eigenvalue weighted by atomic mass is 15.2. The summed E-state index contributed by atoms with van der Waals surface area (Å²) in [6.07, 6.45) is 2.13. The van der Waals surface area contributed by atoms with Crippen LogP contribution in [-0.2, 0) is 12.8 Å². The van der Waals surface area contributed by atoms with Crippen molar-refractivity contribution in [1.82, 2.24) is 0 Å². The standard InChI is InChI=1S/C44H32N2/c1-3-11-29(12-4-1)33-19-21-35-42(46-26-24-32-16-8-10-18-40(32)46)28-38-37(30-13-5-2-6-14-30)27-41(36-22-20-34(33)43(35)44(36)38)45-25-23-31-15-7-9-17-39(31)45/h1-22,27-28H,23-26H2. The van der Waals surface area contributed by atoms with Crippen molar-refractivity contribution in [3.8, 4) is 22.3 Å². The van der Waals surface area contributed by atoms with Gasteiger partial charge in [0, 0.05) is 57.4 Å². The molecule has 0 aromatic heterocycles. The van der Waals surface area contributed by atoms with E-state index in [-0.39, 0.29) is 0 Å². The zero-order chi connectivity index (χ0) is 30.2. The van der Waals surface area contributed by atoms with Crippen LogP contribution in [0.4, 0.5) is 22.7 Å². The van der Waals surface area contributed by atoms with Crippen LogP contribution >= 0.6 is 0 Å². The normalized spacial score (nSPS) is 14.1. The lowest BCUT2D eigenvalue weighted by molar-refractivity contribution is 1.00. The summed E-state index contributed by atoms with van der Waals surface area (Å²) in [6.45, 7) is 1.98. The zero-order valence-electron chi connectivity index (χ0n) is 25.6. The molecule has 0 unspecified atom stereocenters. The van der Waals surface area contributed by atoms with Gasteiger partial charge in [-0.3, -0.25) is 0 Å². The maximum absolute atomic E-state index is 2.56. The third-order valence-electron chi connectivity index (χ3n) is 10.4. The molecule has 2 heterocycles. The highest BCUT2D eigenvalue weighted by Crippen LogP contribution is 2.51. The zero-order valence-corrected chi connectivity index (χ0v) is 25.6. The second-order valence-electron chi connectivity index (χ2n) is 12.8. The van der Waals surface area contributed by atoms with E-state index in [0.717, 1.165) is 25.9 Å². The van der Waals surface area contributed by atoms with E-state index in [0.29, 0.717) is 0 Å². The van der Waals surface area contributed by atoms with Gasteiger partial charge in [-0.05, 0) is 81.3 Å². The first kappa shape index (κ1) is 25.7. The SMILES string of the molecule is c1ccc(-c2ccc3c(N4CCc5ccccc54)cc4c(-c5ccccc5)cc(N5CCc6ccccc65)c5ccc2c3c45)cc1. The van der Waals surface area contributed by atoms with Gasteiger partial charge in [0.25, 0.3) is 0 Å². The number of rotatable bonds is 4. The van der Waals surface area contributed by atoms with Crippen molar-refractivity contribution in [2.75, 3.05) is 22.9 Å². The molecule has 0 radical (unpaired) electrons. The van der Waals surface area contributed by atoms with E-state index in [2.05, 4.69) is 155 Å². The van der Waals surface area contributed by atoms with Crippen LogP contribution in [0.3, 0.4) is 0 Å². The second kappa shape index (κ2) is 9.95. The summed E-state index contributed by atoms with van der Waals surface area (Å²) in [4.78, 5) is 5.12. The minimum absolute atomic E-state index is 0.988. The minimum atomic E-state index is 0.988. The van der Waals surface area contributed by atoms with Crippen molar-refractivity contribution in [3.05, 3.63) is 157 Å². The van der Waals surface area contributed by atoms with E-state index >= 15 is 0 Å². The molecular weight excluding hydrogens is 556 g/mol. The van der Waals surface area contributed by atoms with Gasteiger partial charge in [-0.1, -0.05) is 121 Å². The highest BCUT2D eigenvalue weighted by molar-refractivity contribution is 6.32. The first-order valence-corrected chi connectivity index (χ1v) is 16.4. The van der Waals surface area contributed by atoms with Crippen LogP contribution in [0.1, 0.15) is 11.1 Å². The van der Waals surface area contributed by atoms with Crippen molar-refractivity contribution in [2.24, 2.45) is 0 Å². The Labute approximate surface area is 269 Å². The number of anilines is 4. The van der Waals surface area contributed by atoms with Crippen molar-refractivity contribution in [3.63, 3.8) is 0 Å². The van der Waals surface area contributed by atoms with E-state index in [1.165, 1.54) is 88.4 Å². The molecule has 10 rings (SSSR count). The lowest BCUT2D eigenvalue weighted by Gasteiger charge is -2.28. The number of fused-ring (bicyclic) bond motifs is 2. The molecule has 0 amide bonds. The van der Waals surface area contributed by atoms with Gasteiger partial charge in [0.15, 0.2) is 0 Å². The van der Waals surface area contributed by atoms with Gasteiger partial charge < -0.3 is 9.80 Å².